The first-order valence-corrected chi connectivity index (χ1v) is 13.9. The normalized spacial score (nSPS) is 29.8. The van der Waals surface area contributed by atoms with E-state index in [1.165, 1.54) is 12.3 Å². The van der Waals surface area contributed by atoms with Crippen LogP contribution in [0.3, 0.4) is 0 Å². The third-order valence-corrected chi connectivity index (χ3v) is 8.85. The van der Waals surface area contributed by atoms with Crippen LogP contribution in [0, 0.1) is 5.92 Å². The summed E-state index contributed by atoms with van der Waals surface area (Å²) in [5.41, 5.74) is 4.76. The number of anilines is 1. The minimum atomic E-state index is -5.58. The molecule has 0 saturated carbocycles. The van der Waals surface area contributed by atoms with Gasteiger partial charge in [0.15, 0.2) is 0 Å². The SMILES string of the molecule is COP(=O)(O)OP(=O)(O)OP(=O)(O)OC[C@H]1O[C@@H](n2ccc(N)nc2=O)CCCC(C)[C@@H]1O. The summed E-state index contributed by atoms with van der Waals surface area (Å²) in [5, 5.41) is 10.6. The van der Waals surface area contributed by atoms with Crippen molar-refractivity contribution < 1.29 is 55.9 Å². The number of aromatic nitrogens is 2. The number of nitrogens with zero attached hydrogens (tertiary/aromatic N) is 2. The minimum Gasteiger partial charge on any atom is -0.390 e. The second kappa shape index (κ2) is 11.2. The molecule has 0 bridgehead atoms. The molecule has 0 amide bonds. The Kier molecular flexibility index (Phi) is 9.56. The molecule has 1 fully saturated rings. The van der Waals surface area contributed by atoms with Crippen LogP contribution in [0.5, 0.6) is 0 Å². The molecule has 1 saturated heterocycles. The lowest BCUT2D eigenvalue weighted by Gasteiger charge is -2.34. The molecule has 1 aromatic heterocycles. The van der Waals surface area contributed by atoms with Crippen LogP contribution in [-0.4, -0.2) is 55.3 Å². The maximum Gasteiger partial charge on any atom is 0.490 e. The molecular weight excluding hydrogens is 511 g/mol. The van der Waals surface area contributed by atoms with Crippen LogP contribution >= 0.6 is 23.5 Å². The maximum atomic E-state index is 12.2. The van der Waals surface area contributed by atoms with E-state index in [1.807, 2.05) is 0 Å². The smallest absolute Gasteiger partial charge is 0.390 e. The molecule has 1 aromatic rings. The van der Waals surface area contributed by atoms with E-state index in [0.717, 1.165) is 4.57 Å². The van der Waals surface area contributed by atoms with Crippen molar-refractivity contribution in [1.82, 2.24) is 9.55 Å². The lowest BCUT2D eigenvalue weighted by molar-refractivity contribution is -0.147. The van der Waals surface area contributed by atoms with Crippen LogP contribution < -0.4 is 11.4 Å². The first-order valence-electron chi connectivity index (χ1n) is 9.44. The van der Waals surface area contributed by atoms with Crippen LogP contribution in [-0.2, 0) is 36.1 Å². The van der Waals surface area contributed by atoms with Gasteiger partial charge in [0, 0.05) is 13.3 Å². The van der Waals surface area contributed by atoms with Gasteiger partial charge < -0.3 is 30.3 Å². The Morgan fingerprint density at radius 1 is 1.18 bits per heavy atom. The fourth-order valence-corrected chi connectivity index (χ4v) is 6.25. The van der Waals surface area contributed by atoms with E-state index in [1.54, 1.807) is 6.92 Å². The lowest BCUT2D eigenvalue weighted by Crippen LogP contribution is -2.42. The molecule has 0 aromatic carbocycles. The van der Waals surface area contributed by atoms with Gasteiger partial charge in [0.25, 0.3) is 0 Å². The third-order valence-electron chi connectivity index (χ3n) is 4.61. The van der Waals surface area contributed by atoms with E-state index >= 15 is 0 Å². The molecule has 2 heterocycles. The van der Waals surface area contributed by atoms with E-state index in [4.69, 9.17) is 15.4 Å². The van der Waals surface area contributed by atoms with Gasteiger partial charge in [0.2, 0.25) is 0 Å². The number of ether oxygens (including phenoxy) is 1. The number of hydrogen-bond donors (Lipinski definition) is 5. The number of aliphatic hydroxyl groups excluding tert-OH is 1. The van der Waals surface area contributed by atoms with Gasteiger partial charge in [-0.25, -0.2) is 18.5 Å². The molecule has 33 heavy (non-hydrogen) atoms. The highest BCUT2D eigenvalue weighted by atomic mass is 31.3. The van der Waals surface area contributed by atoms with E-state index in [-0.39, 0.29) is 11.7 Å². The van der Waals surface area contributed by atoms with Crippen molar-refractivity contribution in [2.75, 3.05) is 19.5 Å². The van der Waals surface area contributed by atoms with Crippen molar-refractivity contribution in [3.05, 3.63) is 22.7 Å². The summed E-state index contributed by atoms with van der Waals surface area (Å²) in [6, 6.07) is 1.36. The average Bonchev–Trinajstić information content (AvgIpc) is 2.66. The summed E-state index contributed by atoms with van der Waals surface area (Å²) >= 11 is 0. The zero-order valence-electron chi connectivity index (χ0n) is 17.6. The molecule has 1 aliphatic rings. The Hall–Kier alpha value is -0.990. The van der Waals surface area contributed by atoms with Crippen LogP contribution in [0.15, 0.2) is 17.1 Å². The summed E-state index contributed by atoms with van der Waals surface area (Å²) in [6.07, 6.45) is -0.698. The molecule has 6 N–H and O–H groups in total. The standard InChI is InChI=1S/C14H26N3O13P3/c1-9-4-3-5-12(17-7-6-11(15)16-14(17)19)28-10(13(9)18)8-27-32(22,23)30-33(24,25)29-31(20,21)26-2/h6-7,9-10,12-13,18H,3-5,8H2,1-2H3,(H,20,21)(H,22,23)(H,24,25)(H2,15,16,19)/t9?,10-,12-,13+/m1/s1. The van der Waals surface area contributed by atoms with Gasteiger partial charge >= 0.3 is 29.2 Å². The van der Waals surface area contributed by atoms with Crippen LogP contribution in [0.4, 0.5) is 5.82 Å². The number of hydrogen-bond acceptors (Lipinski definition) is 12. The Morgan fingerprint density at radius 2 is 1.82 bits per heavy atom. The van der Waals surface area contributed by atoms with Crippen molar-refractivity contribution in [2.24, 2.45) is 5.92 Å². The van der Waals surface area contributed by atoms with Crippen molar-refractivity contribution in [1.29, 1.82) is 0 Å². The molecule has 19 heteroatoms. The van der Waals surface area contributed by atoms with E-state index in [2.05, 4.69) is 22.7 Å². The molecule has 190 valence electrons. The summed E-state index contributed by atoms with van der Waals surface area (Å²) < 4.78 is 58.3. The van der Waals surface area contributed by atoms with Gasteiger partial charge in [-0.3, -0.25) is 13.6 Å². The van der Waals surface area contributed by atoms with Crippen molar-refractivity contribution in [2.45, 2.75) is 44.6 Å². The molecule has 0 radical (unpaired) electrons. The lowest BCUT2D eigenvalue weighted by atomic mass is 9.92. The first kappa shape index (κ1) is 28.2. The Balaban J connectivity index is 2.16. The van der Waals surface area contributed by atoms with Crippen LogP contribution in [0.2, 0.25) is 0 Å². The molecule has 2 rings (SSSR count). The van der Waals surface area contributed by atoms with Gasteiger partial charge in [-0.1, -0.05) is 6.92 Å². The fourth-order valence-electron chi connectivity index (χ4n) is 2.99. The van der Waals surface area contributed by atoms with Crippen molar-refractivity contribution in [3.8, 4) is 0 Å². The zero-order chi connectivity index (χ0) is 25.0. The molecule has 0 aliphatic carbocycles. The number of phosphoric acid groups is 3. The summed E-state index contributed by atoms with van der Waals surface area (Å²) in [7, 11) is -15.3. The quantitative estimate of drug-likeness (QED) is 0.275. The highest BCUT2D eigenvalue weighted by Gasteiger charge is 2.42. The highest BCUT2D eigenvalue weighted by molar-refractivity contribution is 7.66. The average molecular weight is 537 g/mol. The molecule has 16 nitrogen and oxygen atoms in total. The number of rotatable bonds is 9. The van der Waals surface area contributed by atoms with Crippen molar-refractivity contribution in [3.63, 3.8) is 0 Å². The molecule has 7 atom stereocenters. The van der Waals surface area contributed by atoms with Crippen LogP contribution in [0.1, 0.15) is 32.4 Å². The summed E-state index contributed by atoms with van der Waals surface area (Å²) in [6.45, 7) is 0.876. The fraction of sp³-hybridized carbons (Fsp3) is 0.714. The Morgan fingerprint density at radius 3 is 2.42 bits per heavy atom. The number of aliphatic hydroxyl groups is 1. The number of nitrogen functional groups attached to an aromatic ring is 1. The Bertz CT molecular complexity index is 1020. The van der Waals surface area contributed by atoms with E-state index in [9.17, 15) is 33.4 Å². The van der Waals surface area contributed by atoms with E-state index in [0.29, 0.717) is 26.4 Å². The predicted molar refractivity (Wildman–Crippen MR) is 110 cm³/mol. The molecule has 4 unspecified atom stereocenters. The number of phosphoric ester groups is 2. The second-order valence-corrected chi connectivity index (χ2v) is 11.9. The second-order valence-electron chi connectivity index (χ2n) is 7.12. The van der Waals surface area contributed by atoms with Gasteiger partial charge in [0.05, 0.1) is 12.7 Å². The predicted octanol–water partition coefficient (Wildman–Crippen LogP) is 0.888. The van der Waals surface area contributed by atoms with Gasteiger partial charge in [-0.15, -0.1) is 0 Å². The van der Waals surface area contributed by atoms with Crippen LogP contribution in [0.25, 0.3) is 0 Å². The number of nitrogens with two attached hydrogens (primary N) is 1. The largest absolute Gasteiger partial charge is 0.490 e. The maximum absolute atomic E-state index is 12.2. The molecule has 1 aliphatic heterocycles. The summed E-state index contributed by atoms with van der Waals surface area (Å²) in [5.74, 6) is -0.348. The van der Waals surface area contributed by atoms with Gasteiger partial charge in [0.1, 0.15) is 18.1 Å². The van der Waals surface area contributed by atoms with E-state index < -0.39 is 54.2 Å². The van der Waals surface area contributed by atoms with Gasteiger partial charge in [-0.05, 0) is 31.2 Å². The van der Waals surface area contributed by atoms with Crippen molar-refractivity contribution >= 4 is 29.3 Å². The minimum absolute atomic E-state index is 0.00875. The topological polar surface area (TPSA) is 239 Å². The first-order chi connectivity index (χ1) is 15.1. The summed E-state index contributed by atoms with van der Waals surface area (Å²) in [4.78, 5) is 44.0. The molecule has 0 spiro atoms. The van der Waals surface area contributed by atoms with Gasteiger partial charge in [-0.2, -0.15) is 13.6 Å². The monoisotopic (exact) mass is 537 g/mol. The third kappa shape index (κ3) is 8.62. The zero-order valence-corrected chi connectivity index (χ0v) is 20.3. The molecular formula is C14H26N3O13P3. The Labute approximate surface area is 188 Å². The highest BCUT2D eigenvalue weighted by Crippen LogP contribution is 2.67.